The zero-order chi connectivity index (χ0) is 57.7. The SMILES string of the molecule is COC(=O)CC[C@@H](C)C[C@H](C)C[C@H](C)C(=O)/C=C(\O)[C@H](C)C[C@H](C)C/C=C/[C@@H](C)[C@@H](O[Si](C(C)C)(C(C)C)C(C)C)[C@@H](C)[C@H](C[C@@H]1CC[C@@](C)([C@H]2CC[C@@](C)([C@@H](C)O[Si](C)(C)C(C)(C)C)O2)O1)OC(=O)c1ccccc1. The van der Waals surface area contributed by atoms with Crippen molar-refractivity contribution in [1.82, 2.24) is 0 Å². The molecule has 0 bridgehead atoms. The van der Waals surface area contributed by atoms with Crippen molar-refractivity contribution in [2.24, 2.45) is 41.4 Å². The average molecular weight is 1100 g/mol. The molecule has 0 radical (unpaired) electrons. The number of aliphatic hydroxyl groups is 1. The molecule has 2 aliphatic rings. The van der Waals surface area contributed by atoms with Gasteiger partial charge in [0.05, 0.1) is 54.1 Å². The number of ketones is 1. The minimum Gasteiger partial charge on any atom is -0.512 e. The molecule has 0 aromatic heterocycles. The van der Waals surface area contributed by atoms with Gasteiger partial charge in [0.25, 0.3) is 0 Å². The van der Waals surface area contributed by atoms with Gasteiger partial charge in [-0.3, -0.25) is 9.59 Å². The van der Waals surface area contributed by atoms with Crippen LogP contribution < -0.4 is 0 Å². The fourth-order valence-corrected chi connectivity index (χ4v) is 19.8. The summed E-state index contributed by atoms with van der Waals surface area (Å²) in [6.45, 7) is 46.9. The van der Waals surface area contributed by atoms with Crippen LogP contribution >= 0.6 is 0 Å². The fourth-order valence-electron chi connectivity index (χ4n) is 12.6. The van der Waals surface area contributed by atoms with E-state index in [1.54, 1.807) is 0 Å². The van der Waals surface area contributed by atoms with Gasteiger partial charge in [-0.05, 0) is 149 Å². The molecule has 14 atom stereocenters. The van der Waals surface area contributed by atoms with E-state index in [-0.39, 0.29) is 82.5 Å². The van der Waals surface area contributed by atoms with Gasteiger partial charge in [0.2, 0.25) is 8.32 Å². The maximum Gasteiger partial charge on any atom is 0.338 e. The van der Waals surface area contributed by atoms with Crippen molar-refractivity contribution < 1.29 is 47.3 Å². The fraction of sp³-hybridized carbons (Fsp3) is 0.797. The molecule has 1 aromatic carbocycles. The minimum atomic E-state index is -2.45. The number of hydrogen-bond donors (Lipinski definition) is 1. The molecular formula is C64H112O10Si2. The summed E-state index contributed by atoms with van der Waals surface area (Å²) in [5.41, 5.74) is 0.676. The highest BCUT2D eigenvalue weighted by Gasteiger charge is 2.54. The molecule has 2 saturated heterocycles. The lowest BCUT2D eigenvalue weighted by Crippen LogP contribution is -2.54. The van der Waals surface area contributed by atoms with Crippen LogP contribution in [0, 0.1) is 41.4 Å². The van der Waals surface area contributed by atoms with Crippen LogP contribution in [0.4, 0.5) is 0 Å². The lowest BCUT2D eigenvalue weighted by molar-refractivity contribution is -0.170. The smallest absolute Gasteiger partial charge is 0.338 e. The summed E-state index contributed by atoms with van der Waals surface area (Å²) in [5.74, 6) is -0.109. The van der Waals surface area contributed by atoms with E-state index < -0.39 is 33.9 Å². The predicted molar refractivity (Wildman–Crippen MR) is 318 cm³/mol. The van der Waals surface area contributed by atoms with Crippen LogP contribution in [0.3, 0.4) is 0 Å². The van der Waals surface area contributed by atoms with Crippen LogP contribution in [-0.2, 0) is 37.4 Å². The molecule has 2 aliphatic heterocycles. The van der Waals surface area contributed by atoms with Crippen molar-refractivity contribution in [3.63, 3.8) is 0 Å². The van der Waals surface area contributed by atoms with Gasteiger partial charge in [0.15, 0.2) is 14.1 Å². The molecule has 0 unspecified atom stereocenters. The molecule has 0 spiro atoms. The summed E-state index contributed by atoms with van der Waals surface area (Å²) >= 11 is 0. The number of aliphatic hydroxyl groups excluding tert-OH is 1. The van der Waals surface area contributed by atoms with Gasteiger partial charge in [-0.1, -0.05) is 141 Å². The molecule has 436 valence electrons. The predicted octanol–water partition coefficient (Wildman–Crippen LogP) is 17.0. The normalized spacial score (nSPS) is 25.0. The zero-order valence-electron chi connectivity index (χ0n) is 52.2. The van der Waals surface area contributed by atoms with Crippen LogP contribution in [0.1, 0.15) is 213 Å². The second-order valence-electron chi connectivity index (χ2n) is 27.3. The highest BCUT2D eigenvalue weighted by molar-refractivity contribution is 6.77. The molecule has 12 heteroatoms. The van der Waals surface area contributed by atoms with E-state index in [1.807, 2.05) is 44.2 Å². The van der Waals surface area contributed by atoms with Crippen LogP contribution in [0.2, 0.25) is 34.8 Å². The van der Waals surface area contributed by atoms with E-state index >= 15 is 0 Å². The Morgan fingerprint density at radius 2 is 1.37 bits per heavy atom. The van der Waals surface area contributed by atoms with E-state index in [0.29, 0.717) is 46.9 Å². The lowest BCUT2D eigenvalue weighted by Gasteiger charge is -2.48. The van der Waals surface area contributed by atoms with E-state index in [1.165, 1.54) is 13.2 Å². The first-order valence-electron chi connectivity index (χ1n) is 29.8. The van der Waals surface area contributed by atoms with Crippen molar-refractivity contribution in [3.05, 3.63) is 59.9 Å². The molecule has 2 heterocycles. The van der Waals surface area contributed by atoms with Gasteiger partial charge in [-0.2, -0.15) is 0 Å². The van der Waals surface area contributed by atoms with E-state index in [0.717, 1.165) is 57.8 Å². The standard InChI is InChI=1S/C64H112O10Si2/c1-42(2)76(43(3)4,44(5)6)74-60(48(10)28-26-27-45(7)38-49(11)55(65)41-56(66)50(12)39-47(9)37-46(8)31-32-59(67)69-20)51(13)57(70-61(68)53-29-24-23-25-30-53)40-54-33-35-64(19,71-54)58-34-36-63(18,72-58)52(14)73-75(21,22)62(15,16)17/h23-26,28-30,41-52,54,57-58,60,65H,27,31-40H2,1-22H3/b28-26+,55-41-/t45-,46-,47+,48-,49-,50+,51+,52-,54+,57+,58-,60-,63+,64+/m1/s1. The molecule has 0 amide bonds. The molecule has 3 rings (SSSR count). The second kappa shape index (κ2) is 29.2. The highest BCUT2D eigenvalue weighted by atomic mass is 28.4. The Balaban J connectivity index is 1.86. The van der Waals surface area contributed by atoms with E-state index in [9.17, 15) is 19.5 Å². The van der Waals surface area contributed by atoms with E-state index in [2.05, 4.69) is 143 Å². The molecule has 0 aliphatic carbocycles. The third-order valence-electron chi connectivity index (χ3n) is 18.6. The van der Waals surface area contributed by atoms with Gasteiger partial charge >= 0.3 is 11.9 Å². The Kier molecular flexibility index (Phi) is 26.0. The van der Waals surface area contributed by atoms with Gasteiger partial charge in [0, 0.05) is 36.7 Å². The summed E-state index contributed by atoms with van der Waals surface area (Å²) in [5, 5.41) is 11.3. The second-order valence-corrected chi connectivity index (χ2v) is 37.5. The van der Waals surface area contributed by atoms with Gasteiger partial charge in [-0.25, -0.2) is 4.79 Å². The molecule has 0 saturated carbocycles. The molecule has 76 heavy (non-hydrogen) atoms. The van der Waals surface area contributed by atoms with Crippen LogP contribution in [0.25, 0.3) is 0 Å². The van der Waals surface area contributed by atoms with Crippen LogP contribution in [-0.4, -0.2) is 88.3 Å². The van der Waals surface area contributed by atoms with Crippen molar-refractivity contribution in [2.75, 3.05) is 7.11 Å². The summed E-state index contributed by atoms with van der Waals surface area (Å²) in [4.78, 5) is 39.1. The maximum absolute atomic E-state index is 14.2. The first-order chi connectivity index (χ1) is 35.1. The molecule has 10 nitrogen and oxygen atoms in total. The van der Waals surface area contributed by atoms with Crippen LogP contribution in [0.15, 0.2) is 54.3 Å². The Morgan fingerprint density at radius 3 is 1.93 bits per heavy atom. The minimum absolute atomic E-state index is 0.0128. The number of benzene rings is 1. The van der Waals surface area contributed by atoms with Crippen molar-refractivity contribution in [3.8, 4) is 0 Å². The largest absolute Gasteiger partial charge is 0.512 e. The van der Waals surface area contributed by atoms with Crippen molar-refractivity contribution >= 4 is 34.4 Å². The number of rotatable bonds is 31. The number of allylic oxidation sites excluding steroid dienone is 3. The lowest BCUT2D eigenvalue weighted by atomic mass is 9.85. The molecule has 2 fully saturated rings. The van der Waals surface area contributed by atoms with Crippen LogP contribution in [0.5, 0.6) is 0 Å². The first-order valence-corrected chi connectivity index (χ1v) is 34.8. The number of carbonyl (C=O) groups excluding carboxylic acids is 3. The molecular weight excluding hydrogens is 985 g/mol. The average Bonchev–Trinajstić information content (AvgIpc) is 3.93. The maximum atomic E-state index is 14.2. The monoisotopic (exact) mass is 1100 g/mol. The number of methoxy groups -OCH3 is 1. The van der Waals surface area contributed by atoms with Crippen molar-refractivity contribution in [2.45, 2.75) is 279 Å². The third-order valence-corrected chi connectivity index (χ3v) is 29.3. The van der Waals surface area contributed by atoms with E-state index in [4.69, 9.17) is 27.8 Å². The Hall–Kier alpha value is -2.62. The van der Waals surface area contributed by atoms with Crippen molar-refractivity contribution in [1.29, 1.82) is 0 Å². The third kappa shape index (κ3) is 18.7. The molecule has 1 N–H and O–H groups in total. The summed E-state index contributed by atoms with van der Waals surface area (Å²) in [6, 6.07) is 9.32. The number of carbonyl (C=O) groups is 3. The summed E-state index contributed by atoms with van der Waals surface area (Å²) < 4.78 is 40.4. The zero-order valence-corrected chi connectivity index (χ0v) is 54.2. The first kappa shape index (κ1) is 67.7. The Morgan fingerprint density at radius 1 is 0.776 bits per heavy atom. The quantitative estimate of drug-likeness (QED) is 0.0252. The number of esters is 2. The number of hydrogen-bond acceptors (Lipinski definition) is 10. The molecule has 1 aromatic rings. The van der Waals surface area contributed by atoms with Gasteiger partial charge in [-0.15, -0.1) is 0 Å². The summed E-state index contributed by atoms with van der Waals surface area (Å²) in [7, 11) is -3.05. The Bertz CT molecular complexity index is 1990. The highest BCUT2D eigenvalue weighted by Crippen LogP contribution is 2.49. The summed E-state index contributed by atoms with van der Waals surface area (Å²) in [6.07, 6.45) is 13.4. The topological polar surface area (TPSA) is 127 Å². The Labute approximate surface area is 466 Å². The number of ether oxygens (including phenoxy) is 4. The van der Waals surface area contributed by atoms with Gasteiger partial charge < -0.3 is 32.9 Å². The van der Waals surface area contributed by atoms with Gasteiger partial charge in [0.1, 0.15) is 6.10 Å².